The molecule has 0 radical (unpaired) electrons. The van der Waals surface area contributed by atoms with Gasteiger partial charge in [-0.15, -0.1) is 0 Å². The van der Waals surface area contributed by atoms with E-state index in [9.17, 15) is 13.2 Å². The molecule has 0 fully saturated rings. The maximum atomic E-state index is 11.1. The van der Waals surface area contributed by atoms with Crippen molar-refractivity contribution in [3.63, 3.8) is 0 Å². The van der Waals surface area contributed by atoms with E-state index in [2.05, 4.69) is 4.72 Å². The quantitative estimate of drug-likeness (QED) is 0.426. The van der Waals surface area contributed by atoms with Gasteiger partial charge in [0.25, 0.3) is 0 Å². The summed E-state index contributed by atoms with van der Waals surface area (Å²) in [5, 5.41) is 0. The Kier molecular flexibility index (Phi) is 5.60. The second-order valence-corrected chi connectivity index (χ2v) is 4.53. The van der Waals surface area contributed by atoms with Crippen LogP contribution in [0, 0.1) is 0 Å². The summed E-state index contributed by atoms with van der Waals surface area (Å²) in [6.45, 7) is 0.121. The van der Waals surface area contributed by atoms with Crippen molar-refractivity contribution in [2.24, 2.45) is 11.5 Å². The van der Waals surface area contributed by atoms with E-state index in [1.54, 1.807) is 0 Å². The summed E-state index contributed by atoms with van der Waals surface area (Å²) in [4.78, 5) is 10.3. The molecule has 0 heterocycles. The number of carbonyl (C=O) groups is 1. The molecule has 0 aromatic carbocycles. The highest BCUT2D eigenvalue weighted by molar-refractivity contribution is 7.89. The molecule has 1 amide bonds. The normalized spacial score (nSPS) is 11.5. The second kappa shape index (κ2) is 5.90. The number of rotatable bonds is 7. The number of carbonyl (C=O) groups excluding carboxylic acids is 1. The molecule has 5 N–H and O–H groups in total. The number of unbranched alkanes of at least 4 members (excludes halogenated alkanes) is 1. The molecule has 0 bridgehead atoms. The highest BCUT2D eigenvalue weighted by Crippen LogP contribution is 1.92. The predicted octanol–water partition coefficient (Wildman–Crippen LogP) is -1.87. The van der Waals surface area contributed by atoms with Crippen LogP contribution in [0.25, 0.3) is 0 Å². The fraction of sp³-hybridized carbons (Fsp3) is 0.833. The molecule has 0 aliphatic carbocycles. The Hall–Kier alpha value is -0.660. The number of amides is 1. The molecule has 78 valence electrons. The average Bonchev–Trinajstić information content (AvgIpc) is 2.02. The standard InChI is InChI=1S/C6H15N3O3S/c7-3-1-2-4-13(11,12)9-5-6(8)10/h9H,1-5,7H2,(H2,8,10). The summed E-state index contributed by atoms with van der Waals surface area (Å²) < 4.78 is 24.2. The number of nitrogens with one attached hydrogen (secondary N) is 1. The van der Waals surface area contributed by atoms with Crippen molar-refractivity contribution < 1.29 is 13.2 Å². The van der Waals surface area contributed by atoms with Gasteiger partial charge in [-0.1, -0.05) is 0 Å². The van der Waals surface area contributed by atoms with E-state index in [1.165, 1.54) is 0 Å². The SMILES string of the molecule is NCCCCS(=O)(=O)NCC(N)=O. The van der Waals surface area contributed by atoms with Crippen LogP contribution in [0.1, 0.15) is 12.8 Å². The van der Waals surface area contributed by atoms with E-state index >= 15 is 0 Å². The Labute approximate surface area is 77.7 Å². The van der Waals surface area contributed by atoms with Gasteiger partial charge in [-0.25, -0.2) is 13.1 Å². The van der Waals surface area contributed by atoms with Gasteiger partial charge in [0.1, 0.15) is 0 Å². The van der Waals surface area contributed by atoms with Gasteiger partial charge in [0.2, 0.25) is 15.9 Å². The first kappa shape index (κ1) is 12.3. The first-order chi connectivity index (χ1) is 5.98. The molecule has 0 saturated carbocycles. The molecule has 0 saturated heterocycles. The molecule has 0 aliphatic heterocycles. The molecule has 7 heteroatoms. The fourth-order valence-corrected chi connectivity index (χ4v) is 1.78. The van der Waals surface area contributed by atoms with Crippen molar-refractivity contribution in [3.05, 3.63) is 0 Å². The highest BCUT2D eigenvalue weighted by Gasteiger charge is 2.09. The van der Waals surface area contributed by atoms with Gasteiger partial charge >= 0.3 is 0 Å². The van der Waals surface area contributed by atoms with Crippen LogP contribution in [0.5, 0.6) is 0 Å². The maximum absolute atomic E-state index is 11.1. The largest absolute Gasteiger partial charge is 0.369 e. The number of sulfonamides is 1. The molecule has 13 heavy (non-hydrogen) atoms. The average molecular weight is 209 g/mol. The van der Waals surface area contributed by atoms with Crippen molar-refractivity contribution in [1.82, 2.24) is 4.72 Å². The van der Waals surface area contributed by atoms with Gasteiger partial charge in [-0.2, -0.15) is 0 Å². The van der Waals surface area contributed by atoms with Crippen LogP contribution in [0.3, 0.4) is 0 Å². The zero-order chi connectivity index (χ0) is 10.3. The molecule has 0 spiro atoms. The Balaban J connectivity index is 3.74. The number of hydrogen-bond donors (Lipinski definition) is 3. The summed E-state index contributed by atoms with van der Waals surface area (Å²) in [5.74, 6) is -0.709. The van der Waals surface area contributed by atoms with Gasteiger partial charge in [0, 0.05) is 0 Å². The van der Waals surface area contributed by atoms with Crippen LogP contribution >= 0.6 is 0 Å². The lowest BCUT2D eigenvalue weighted by molar-refractivity contribution is -0.116. The van der Waals surface area contributed by atoms with Gasteiger partial charge in [0.05, 0.1) is 12.3 Å². The zero-order valence-corrected chi connectivity index (χ0v) is 8.14. The smallest absolute Gasteiger partial charge is 0.232 e. The molecule has 0 unspecified atom stereocenters. The number of nitrogens with two attached hydrogens (primary N) is 2. The van der Waals surface area contributed by atoms with Crippen molar-refractivity contribution >= 4 is 15.9 Å². The van der Waals surface area contributed by atoms with Gasteiger partial charge in [-0.05, 0) is 19.4 Å². The topological polar surface area (TPSA) is 115 Å². The maximum Gasteiger partial charge on any atom is 0.232 e. The molecule has 6 nitrogen and oxygen atoms in total. The third kappa shape index (κ3) is 7.69. The van der Waals surface area contributed by atoms with Gasteiger partial charge in [-0.3, -0.25) is 4.79 Å². The fourth-order valence-electron chi connectivity index (χ4n) is 0.690. The third-order valence-electron chi connectivity index (χ3n) is 1.33. The van der Waals surface area contributed by atoms with Crippen molar-refractivity contribution in [2.45, 2.75) is 12.8 Å². The summed E-state index contributed by atoms with van der Waals surface area (Å²) in [6, 6.07) is 0. The lowest BCUT2D eigenvalue weighted by atomic mass is 10.3. The highest BCUT2D eigenvalue weighted by atomic mass is 32.2. The summed E-state index contributed by atoms with van der Waals surface area (Å²) in [5.41, 5.74) is 9.96. The Morgan fingerprint density at radius 2 is 1.92 bits per heavy atom. The number of primary amides is 1. The number of hydrogen-bond acceptors (Lipinski definition) is 4. The van der Waals surface area contributed by atoms with Crippen LogP contribution in [0.4, 0.5) is 0 Å². The van der Waals surface area contributed by atoms with Crippen molar-refractivity contribution in [1.29, 1.82) is 0 Å². The first-order valence-electron chi connectivity index (χ1n) is 3.93. The summed E-state index contributed by atoms with van der Waals surface area (Å²) >= 11 is 0. The Morgan fingerprint density at radius 1 is 1.31 bits per heavy atom. The van der Waals surface area contributed by atoms with Gasteiger partial charge in [0.15, 0.2) is 0 Å². The zero-order valence-electron chi connectivity index (χ0n) is 7.32. The molecular weight excluding hydrogens is 194 g/mol. The minimum Gasteiger partial charge on any atom is -0.369 e. The summed E-state index contributed by atoms with van der Waals surface area (Å²) in [7, 11) is -3.36. The molecular formula is C6H15N3O3S. The Bertz CT molecular complexity index is 250. The van der Waals surface area contributed by atoms with E-state index in [0.29, 0.717) is 19.4 Å². The molecule has 0 aromatic rings. The van der Waals surface area contributed by atoms with E-state index in [4.69, 9.17) is 11.5 Å². The van der Waals surface area contributed by atoms with Crippen LogP contribution < -0.4 is 16.2 Å². The molecule has 0 aliphatic rings. The van der Waals surface area contributed by atoms with Gasteiger partial charge < -0.3 is 11.5 Å². The van der Waals surface area contributed by atoms with E-state index in [0.717, 1.165) is 0 Å². The van der Waals surface area contributed by atoms with E-state index < -0.39 is 15.9 Å². The van der Waals surface area contributed by atoms with Crippen LogP contribution in [0.2, 0.25) is 0 Å². The van der Waals surface area contributed by atoms with Crippen molar-refractivity contribution in [2.75, 3.05) is 18.8 Å². The third-order valence-corrected chi connectivity index (χ3v) is 2.74. The molecule has 0 atom stereocenters. The van der Waals surface area contributed by atoms with E-state index in [1.807, 2.05) is 0 Å². The molecule has 0 aromatic heterocycles. The van der Waals surface area contributed by atoms with Crippen LogP contribution in [0.15, 0.2) is 0 Å². The minimum atomic E-state index is -3.36. The second-order valence-electron chi connectivity index (χ2n) is 2.60. The first-order valence-corrected chi connectivity index (χ1v) is 5.59. The lowest BCUT2D eigenvalue weighted by Crippen LogP contribution is -2.34. The van der Waals surface area contributed by atoms with Crippen LogP contribution in [-0.4, -0.2) is 33.2 Å². The summed E-state index contributed by atoms with van der Waals surface area (Å²) in [6.07, 6.45) is 1.14. The molecule has 0 rings (SSSR count). The van der Waals surface area contributed by atoms with E-state index in [-0.39, 0.29) is 12.3 Å². The lowest BCUT2D eigenvalue weighted by Gasteiger charge is -2.03. The monoisotopic (exact) mass is 209 g/mol. The van der Waals surface area contributed by atoms with Crippen molar-refractivity contribution in [3.8, 4) is 0 Å². The van der Waals surface area contributed by atoms with Crippen LogP contribution in [-0.2, 0) is 14.8 Å². The minimum absolute atomic E-state index is 0.0164. The Morgan fingerprint density at radius 3 is 2.38 bits per heavy atom. The predicted molar refractivity (Wildman–Crippen MR) is 49.3 cm³/mol.